The summed E-state index contributed by atoms with van der Waals surface area (Å²) >= 11 is 0. The van der Waals surface area contributed by atoms with Gasteiger partial charge < -0.3 is 10.2 Å². The zero-order valence-corrected chi connectivity index (χ0v) is 10.6. The zero-order valence-electron chi connectivity index (χ0n) is 9.76. The highest BCUT2D eigenvalue weighted by atomic mass is 32.2. The van der Waals surface area contributed by atoms with Gasteiger partial charge in [0.2, 0.25) is 10.0 Å². The number of nitrogens with two attached hydrogens (primary N) is 1. The van der Waals surface area contributed by atoms with E-state index < -0.39 is 10.0 Å². The molecule has 3 N–H and O–H groups in total. The Kier molecular flexibility index (Phi) is 3.37. The van der Waals surface area contributed by atoms with Crippen molar-refractivity contribution in [3.05, 3.63) is 24.3 Å². The SMILES string of the molecule is CCN(c1ccc(S(N)(=O)=O)cc1)C1CNC1. The number of likely N-dealkylation sites (N-methyl/N-ethyl adjacent to an activating group) is 1. The molecule has 1 aromatic rings. The molecule has 0 aliphatic carbocycles. The topological polar surface area (TPSA) is 75.4 Å². The van der Waals surface area contributed by atoms with E-state index in [4.69, 9.17) is 5.14 Å². The maximum absolute atomic E-state index is 11.1. The van der Waals surface area contributed by atoms with Crippen molar-refractivity contribution in [3.8, 4) is 0 Å². The number of primary sulfonamides is 1. The first kappa shape index (κ1) is 12.3. The van der Waals surface area contributed by atoms with E-state index >= 15 is 0 Å². The molecular weight excluding hydrogens is 238 g/mol. The van der Waals surface area contributed by atoms with Crippen molar-refractivity contribution in [2.24, 2.45) is 5.14 Å². The first-order valence-corrected chi connectivity index (χ1v) is 7.17. The second-order valence-electron chi connectivity index (χ2n) is 4.14. The van der Waals surface area contributed by atoms with Gasteiger partial charge in [-0.3, -0.25) is 0 Å². The van der Waals surface area contributed by atoms with Crippen LogP contribution in [0.2, 0.25) is 0 Å². The highest BCUT2D eigenvalue weighted by molar-refractivity contribution is 7.89. The molecule has 1 aromatic carbocycles. The highest BCUT2D eigenvalue weighted by Gasteiger charge is 2.23. The predicted octanol–water partition coefficient (Wildman–Crippen LogP) is 0.132. The minimum Gasteiger partial charge on any atom is -0.366 e. The summed E-state index contributed by atoms with van der Waals surface area (Å²) in [7, 11) is -3.59. The molecule has 0 bridgehead atoms. The number of nitrogens with one attached hydrogen (secondary N) is 1. The average Bonchev–Trinajstić information content (AvgIpc) is 2.22. The summed E-state index contributed by atoms with van der Waals surface area (Å²) in [5.41, 5.74) is 1.03. The second kappa shape index (κ2) is 4.64. The fourth-order valence-electron chi connectivity index (χ4n) is 1.97. The summed E-state index contributed by atoms with van der Waals surface area (Å²) in [6.07, 6.45) is 0. The van der Waals surface area contributed by atoms with Crippen LogP contribution in [0.5, 0.6) is 0 Å². The van der Waals surface area contributed by atoms with Crippen molar-refractivity contribution in [2.75, 3.05) is 24.5 Å². The molecule has 0 atom stereocenters. The summed E-state index contributed by atoms with van der Waals surface area (Å²) < 4.78 is 22.3. The molecule has 6 heteroatoms. The summed E-state index contributed by atoms with van der Waals surface area (Å²) in [4.78, 5) is 2.41. The van der Waals surface area contributed by atoms with E-state index in [2.05, 4.69) is 17.1 Å². The van der Waals surface area contributed by atoms with E-state index in [1.165, 1.54) is 0 Å². The van der Waals surface area contributed by atoms with Gasteiger partial charge in [0.15, 0.2) is 0 Å². The minimum absolute atomic E-state index is 0.157. The lowest BCUT2D eigenvalue weighted by Gasteiger charge is -2.39. The molecule has 1 aliphatic heterocycles. The monoisotopic (exact) mass is 255 g/mol. The van der Waals surface area contributed by atoms with Gasteiger partial charge in [0, 0.05) is 25.3 Å². The van der Waals surface area contributed by atoms with Crippen LogP contribution in [-0.2, 0) is 10.0 Å². The van der Waals surface area contributed by atoms with Crippen molar-refractivity contribution in [1.29, 1.82) is 0 Å². The Balaban J connectivity index is 2.21. The van der Waals surface area contributed by atoms with Crippen molar-refractivity contribution < 1.29 is 8.42 Å². The fourth-order valence-corrected chi connectivity index (χ4v) is 2.49. The molecule has 0 spiro atoms. The average molecular weight is 255 g/mol. The number of benzene rings is 1. The Hall–Kier alpha value is -1.11. The molecule has 0 radical (unpaired) electrons. The molecule has 17 heavy (non-hydrogen) atoms. The Morgan fingerprint density at radius 2 is 1.94 bits per heavy atom. The maximum Gasteiger partial charge on any atom is 0.238 e. The number of hydrogen-bond donors (Lipinski definition) is 2. The fraction of sp³-hybridized carbons (Fsp3) is 0.455. The molecule has 0 amide bonds. The smallest absolute Gasteiger partial charge is 0.238 e. The van der Waals surface area contributed by atoms with Gasteiger partial charge >= 0.3 is 0 Å². The zero-order chi connectivity index (χ0) is 12.5. The lowest BCUT2D eigenvalue weighted by molar-refractivity contribution is 0.417. The van der Waals surface area contributed by atoms with Gasteiger partial charge in [-0.2, -0.15) is 0 Å². The number of rotatable bonds is 4. The van der Waals surface area contributed by atoms with Gasteiger partial charge in [-0.05, 0) is 31.2 Å². The van der Waals surface area contributed by atoms with Crippen molar-refractivity contribution in [1.82, 2.24) is 5.32 Å². The minimum atomic E-state index is -3.59. The third-order valence-corrected chi connectivity index (χ3v) is 3.97. The quantitative estimate of drug-likeness (QED) is 0.802. The molecule has 94 valence electrons. The molecule has 0 aromatic heterocycles. The van der Waals surface area contributed by atoms with Crippen LogP contribution in [0.1, 0.15) is 6.92 Å². The summed E-state index contributed by atoms with van der Waals surface area (Å²) in [6, 6.07) is 7.22. The van der Waals surface area contributed by atoms with Crippen LogP contribution in [-0.4, -0.2) is 34.1 Å². The van der Waals surface area contributed by atoms with E-state index in [9.17, 15) is 8.42 Å². The van der Waals surface area contributed by atoms with Crippen molar-refractivity contribution in [3.63, 3.8) is 0 Å². The van der Waals surface area contributed by atoms with Crippen LogP contribution in [0.4, 0.5) is 5.69 Å². The molecular formula is C11H17N3O2S. The van der Waals surface area contributed by atoms with Crippen molar-refractivity contribution in [2.45, 2.75) is 17.9 Å². The molecule has 1 aliphatic rings. The second-order valence-corrected chi connectivity index (χ2v) is 5.70. The summed E-state index contributed by atoms with van der Waals surface area (Å²) in [5, 5.41) is 8.29. The Morgan fingerprint density at radius 3 is 2.29 bits per heavy atom. The van der Waals surface area contributed by atoms with E-state index in [0.29, 0.717) is 6.04 Å². The van der Waals surface area contributed by atoms with Gasteiger partial charge in [0.05, 0.1) is 10.9 Å². The molecule has 2 rings (SSSR count). The molecule has 0 saturated carbocycles. The largest absolute Gasteiger partial charge is 0.366 e. The Morgan fingerprint density at radius 1 is 1.35 bits per heavy atom. The number of sulfonamides is 1. The Labute approximate surface area is 102 Å². The van der Waals surface area contributed by atoms with Crippen molar-refractivity contribution >= 4 is 15.7 Å². The van der Waals surface area contributed by atoms with E-state index in [1.807, 2.05) is 12.1 Å². The van der Waals surface area contributed by atoms with Crippen LogP contribution in [0, 0.1) is 0 Å². The molecule has 1 heterocycles. The Bertz CT molecular complexity index is 480. The van der Waals surface area contributed by atoms with Crippen LogP contribution >= 0.6 is 0 Å². The van der Waals surface area contributed by atoms with E-state index in [1.54, 1.807) is 12.1 Å². The van der Waals surface area contributed by atoms with Gasteiger partial charge in [0.25, 0.3) is 0 Å². The third kappa shape index (κ3) is 2.59. The molecule has 0 unspecified atom stereocenters. The van der Waals surface area contributed by atoms with E-state index in [0.717, 1.165) is 25.3 Å². The van der Waals surface area contributed by atoms with Crippen LogP contribution in [0.25, 0.3) is 0 Å². The van der Waals surface area contributed by atoms with E-state index in [-0.39, 0.29) is 4.90 Å². The molecule has 1 saturated heterocycles. The number of hydrogen-bond acceptors (Lipinski definition) is 4. The normalized spacial score (nSPS) is 16.6. The number of anilines is 1. The molecule has 1 fully saturated rings. The lowest BCUT2D eigenvalue weighted by atomic mass is 10.1. The van der Waals surface area contributed by atoms with Crippen LogP contribution in [0.3, 0.4) is 0 Å². The van der Waals surface area contributed by atoms with Crippen LogP contribution < -0.4 is 15.4 Å². The third-order valence-electron chi connectivity index (χ3n) is 3.04. The van der Waals surface area contributed by atoms with Gasteiger partial charge in [-0.25, -0.2) is 13.6 Å². The van der Waals surface area contributed by atoms with Crippen LogP contribution in [0.15, 0.2) is 29.2 Å². The molecule has 5 nitrogen and oxygen atoms in total. The predicted molar refractivity (Wildman–Crippen MR) is 67.5 cm³/mol. The number of nitrogens with zero attached hydrogens (tertiary/aromatic N) is 1. The standard InChI is InChI=1S/C11H17N3O2S/c1-2-14(10-7-13-8-10)9-3-5-11(6-4-9)17(12,15)16/h3-6,10,13H,2,7-8H2,1H3,(H2,12,15,16). The summed E-state index contributed by atoms with van der Waals surface area (Å²) in [6.45, 7) is 4.95. The highest BCUT2D eigenvalue weighted by Crippen LogP contribution is 2.20. The lowest BCUT2D eigenvalue weighted by Crippen LogP contribution is -2.57. The maximum atomic E-state index is 11.1. The van der Waals surface area contributed by atoms with Gasteiger partial charge in [0.1, 0.15) is 0 Å². The van der Waals surface area contributed by atoms with Gasteiger partial charge in [-0.15, -0.1) is 0 Å². The summed E-state index contributed by atoms with van der Waals surface area (Å²) in [5.74, 6) is 0. The first-order valence-electron chi connectivity index (χ1n) is 5.62. The first-order chi connectivity index (χ1) is 8.02. The van der Waals surface area contributed by atoms with Gasteiger partial charge in [-0.1, -0.05) is 0 Å².